The quantitative estimate of drug-likeness (QED) is 0.155. The molecule has 320 valence electrons. The molecule has 0 bridgehead atoms. The van der Waals surface area contributed by atoms with Gasteiger partial charge in [-0.3, -0.25) is 0 Å². The molecule has 0 aliphatic heterocycles. The van der Waals surface area contributed by atoms with Crippen LogP contribution in [0.25, 0.3) is 148 Å². The predicted molar refractivity (Wildman–Crippen MR) is 301 cm³/mol. The van der Waals surface area contributed by atoms with E-state index in [4.69, 9.17) is 0 Å². The Morgan fingerprint density at radius 2 is 0.643 bits per heavy atom. The molecule has 0 heteroatoms. The lowest BCUT2D eigenvalue weighted by Crippen LogP contribution is -2.23. The van der Waals surface area contributed by atoms with E-state index in [1.165, 1.54) is 164 Å². The Kier molecular flexibility index (Phi) is 7.14. The first-order valence-electron chi connectivity index (χ1n) is 24.8. The minimum absolute atomic E-state index is 0.159. The molecule has 0 saturated heterocycles. The van der Waals surface area contributed by atoms with Crippen LogP contribution in [0.5, 0.6) is 0 Å². The molecule has 70 heavy (non-hydrogen) atoms. The first-order valence-corrected chi connectivity index (χ1v) is 24.8. The van der Waals surface area contributed by atoms with Crippen molar-refractivity contribution in [3.63, 3.8) is 0 Å². The van der Waals surface area contributed by atoms with Gasteiger partial charge >= 0.3 is 0 Å². The van der Waals surface area contributed by atoms with E-state index < -0.39 is 0 Å². The molecular weight excluding hydrogens is 841 g/mol. The van der Waals surface area contributed by atoms with Crippen molar-refractivity contribution in [2.45, 2.75) is 5.92 Å². The molecule has 0 heterocycles. The van der Waals surface area contributed by atoms with Gasteiger partial charge in [-0.1, -0.05) is 218 Å². The third kappa shape index (κ3) is 4.85. The van der Waals surface area contributed by atoms with E-state index >= 15 is 0 Å². The summed E-state index contributed by atoms with van der Waals surface area (Å²) in [5.74, 6) is 0.400. The van der Waals surface area contributed by atoms with Crippen molar-refractivity contribution in [2.24, 2.45) is 5.92 Å². The van der Waals surface area contributed by atoms with Crippen LogP contribution in [-0.4, -0.2) is 0 Å². The van der Waals surface area contributed by atoms with E-state index in [1.54, 1.807) is 0 Å². The highest BCUT2D eigenvalue weighted by atomic mass is 14.4. The fourth-order valence-electron chi connectivity index (χ4n) is 13.8. The summed E-state index contributed by atoms with van der Waals surface area (Å²) in [7, 11) is 0. The Morgan fingerprint density at radius 3 is 1.11 bits per heavy atom. The standard InChI is InChI=1S/C70H40/c1-5-39-13-17-47-21-29-51(55-33-25-43(9-1)63(39)67(47)55)59-37-61(53-31-23-49-19-15-41-7-3-11-45-27-35-57(53)69(49)65(41)45)62(54-32-24-50-20-16-42-8-4-12-46-28-36-58(54)70(50)66(42)46)38-60(59)52-30-22-48-18-14-40-6-2-10-44-26-34-56(52)68(48)64(40)44/h1-38,55,67H. The Hall–Kier alpha value is -8.84. The number of hydrogen-bond acceptors (Lipinski definition) is 0. The highest BCUT2D eigenvalue weighted by molar-refractivity contribution is 6.29. The zero-order chi connectivity index (χ0) is 45.3. The lowest BCUT2D eigenvalue weighted by Gasteiger charge is -2.38. The minimum atomic E-state index is 0.159. The monoisotopic (exact) mass is 880 g/mol. The minimum Gasteiger partial charge on any atom is -0.0754 e. The van der Waals surface area contributed by atoms with Crippen molar-refractivity contribution >= 4 is 115 Å². The maximum atomic E-state index is 2.62. The second kappa shape index (κ2) is 13.4. The largest absolute Gasteiger partial charge is 0.0754 e. The number of hydrogen-bond donors (Lipinski definition) is 0. The lowest BCUT2D eigenvalue weighted by molar-refractivity contribution is 0.681. The van der Waals surface area contributed by atoms with Gasteiger partial charge in [0.15, 0.2) is 0 Å². The van der Waals surface area contributed by atoms with Crippen LogP contribution in [0, 0.1) is 5.92 Å². The average molecular weight is 881 g/mol. The molecule has 0 fully saturated rings. The fourth-order valence-corrected chi connectivity index (χ4v) is 13.8. The number of rotatable bonds is 4. The van der Waals surface area contributed by atoms with E-state index in [1.807, 2.05) is 0 Å². The van der Waals surface area contributed by atoms with E-state index in [0.717, 1.165) is 0 Å². The number of benzene rings is 14. The van der Waals surface area contributed by atoms with Crippen LogP contribution in [0.1, 0.15) is 28.2 Å². The van der Waals surface area contributed by atoms with Crippen LogP contribution in [0.15, 0.2) is 224 Å². The molecule has 0 saturated carbocycles. The summed E-state index contributed by atoms with van der Waals surface area (Å²) in [5, 5.41) is 23.4. The summed E-state index contributed by atoms with van der Waals surface area (Å²) < 4.78 is 0. The molecule has 14 aromatic rings. The topological polar surface area (TPSA) is 0 Å². The molecule has 0 aromatic heterocycles. The molecule has 0 radical (unpaired) electrons. The van der Waals surface area contributed by atoms with Crippen LogP contribution in [0.3, 0.4) is 0 Å². The van der Waals surface area contributed by atoms with Crippen molar-refractivity contribution in [1.29, 1.82) is 0 Å². The Balaban J connectivity index is 1.04. The summed E-state index contributed by atoms with van der Waals surface area (Å²) >= 11 is 0. The molecule has 2 atom stereocenters. The van der Waals surface area contributed by atoms with Gasteiger partial charge in [-0.2, -0.15) is 0 Å². The third-order valence-corrected chi connectivity index (χ3v) is 16.9. The molecule has 0 amide bonds. The predicted octanol–water partition coefficient (Wildman–Crippen LogP) is 19.2. The van der Waals surface area contributed by atoms with Crippen molar-refractivity contribution in [1.82, 2.24) is 0 Å². The van der Waals surface area contributed by atoms with E-state index in [2.05, 4.69) is 231 Å². The maximum Gasteiger partial charge on any atom is 0.0205 e. The average Bonchev–Trinajstić information content (AvgIpc) is 3.42. The van der Waals surface area contributed by atoms with Crippen LogP contribution >= 0.6 is 0 Å². The first kappa shape index (κ1) is 37.2. The highest BCUT2D eigenvalue weighted by Gasteiger charge is 2.37. The zero-order valence-corrected chi connectivity index (χ0v) is 38.1. The second-order valence-electron chi connectivity index (χ2n) is 20.2. The molecule has 3 aliphatic carbocycles. The Bertz CT molecular complexity index is 4710. The second-order valence-corrected chi connectivity index (χ2v) is 20.2. The SMILES string of the molecule is C1=Cc2cccc3c2C2C1=CC=C(c1cc(-c4ccc5ccc6cccc7ccc4c5c67)c(-c4ccc5ccc6cccc7ccc4c5c67)cc1-c1ccc4ccc5cccc6ccc1c4c56)C2C=C3. The molecule has 0 spiro atoms. The smallest absolute Gasteiger partial charge is 0.0205 e. The van der Waals surface area contributed by atoms with Gasteiger partial charge in [0.25, 0.3) is 0 Å². The summed E-state index contributed by atoms with van der Waals surface area (Å²) in [5.41, 5.74) is 15.7. The summed E-state index contributed by atoms with van der Waals surface area (Å²) in [6.45, 7) is 0. The fraction of sp³-hybridized carbons (Fsp3) is 0.0286. The van der Waals surface area contributed by atoms with E-state index in [-0.39, 0.29) is 11.8 Å². The highest BCUT2D eigenvalue weighted by Crippen LogP contribution is 2.55. The van der Waals surface area contributed by atoms with Crippen LogP contribution in [-0.2, 0) is 0 Å². The molecule has 2 unspecified atom stereocenters. The van der Waals surface area contributed by atoms with E-state index in [0.29, 0.717) is 0 Å². The summed E-state index contributed by atoms with van der Waals surface area (Å²) in [4.78, 5) is 0. The van der Waals surface area contributed by atoms with Crippen molar-refractivity contribution in [3.05, 3.63) is 246 Å². The van der Waals surface area contributed by atoms with Gasteiger partial charge in [0, 0.05) is 11.8 Å². The van der Waals surface area contributed by atoms with Crippen LogP contribution in [0.4, 0.5) is 0 Å². The van der Waals surface area contributed by atoms with E-state index in [9.17, 15) is 0 Å². The van der Waals surface area contributed by atoms with Crippen LogP contribution < -0.4 is 0 Å². The molecule has 0 N–H and O–H groups in total. The van der Waals surface area contributed by atoms with Gasteiger partial charge in [-0.15, -0.1) is 0 Å². The maximum absolute atomic E-state index is 2.62. The zero-order valence-electron chi connectivity index (χ0n) is 38.1. The van der Waals surface area contributed by atoms with Crippen molar-refractivity contribution in [2.75, 3.05) is 0 Å². The lowest BCUT2D eigenvalue weighted by atomic mass is 9.64. The Morgan fingerprint density at radius 1 is 0.271 bits per heavy atom. The first-order chi connectivity index (χ1) is 34.7. The van der Waals surface area contributed by atoms with Gasteiger partial charge in [0.1, 0.15) is 0 Å². The van der Waals surface area contributed by atoms with Gasteiger partial charge in [-0.05, 0) is 176 Å². The van der Waals surface area contributed by atoms with Crippen LogP contribution in [0.2, 0.25) is 0 Å². The normalized spacial score (nSPS) is 16.3. The van der Waals surface area contributed by atoms with Crippen molar-refractivity contribution in [3.8, 4) is 33.4 Å². The van der Waals surface area contributed by atoms with Gasteiger partial charge < -0.3 is 0 Å². The van der Waals surface area contributed by atoms with Gasteiger partial charge in [0.05, 0.1) is 0 Å². The Labute approximate surface area is 404 Å². The van der Waals surface area contributed by atoms with Gasteiger partial charge in [0.2, 0.25) is 0 Å². The van der Waals surface area contributed by atoms with Crippen molar-refractivity contribution < 1.29 is 0 Å². The molecule has 17 rings (SSSR count). The molecule has 14 aromatic carbocycles. The summed E-state index contributed by atoms with van der Waals surface area (Å²) in [6.07, 6.45) is 14.5. The third-order valence-electron chi connectivity index (χ3n) is 16.9. The van der Waals surface area contributed by atoms with Gasteiger partial charge in [-0.25, -0.2) is 0 Å². The number of allylic oxidation sites excluding steroid dienone is 6. The molecular formula is C70H40. The molecule has 3 aliphatic rings. The molecule has 0 nitrogen and oxygen atoms in total. The summed E-state index contributed by atoms with van der Waals surface area (Å²) in [6, 6.07) is 74.7.